The van der Waals surface area contributed by atoms with Crippen LogP contribution in [0.25, 0.3) is 0 Å². The number of alkyl halides is 3. The first-order chi connectivity index (χ1) is 14.2. The molecule has 1 aliphatic heterocycles. The van der Waals surface area contributed by atoms with Crippen molar-refractivity contribution in [2.75, 3.05) is 6.54 Å². The zero-order valence-electron chi connectivity index (χ0n) is 16.7. The van der Waals surface area contributed by atoms with Gasteiger partial charge in [-0.25, -0.2) is 0 Å². The number of nitrogens with one attached hydrogen (secondary N) is 2. The molecule has 2 aromatic rings. The Balaban J connectivity index is 1.70. The third-order valence-electron chi connectivity index (χ3n) is 6.38. The minimum atomic E-state index is -4.62. The van der Waals surface area contributed by atoms with Crippen molar-refractivity contribution in [3.8, 4) is 0 Å². The van der Waals surface area contributed by atoms with E-state index in [0.717, 1.165) is 49.4 Å². The molecular weight excluding hydrogens is 413 g/mol. The highest BCUT2D eigenvalue weighted by molar-refractivity contribution is 6.34. The molecule has 1 heterocycles. The molecule has 7 heteroatoms. The van der Waals surface area contributed by atoms with Crippen molar-refractivity contribution >= 4 is 17.5 Å². The Hall–Kier alpha value is -2.05. The van der Waals surface area contributed by atoms with E-state index in [1.807, 2.05) is 31.2 Å². The number of carbonyl (C=O) groups is 1. The molecule has 3 nitrogen and oxygen atoms in total. The SMILES string of the molecule is Cc1cccc(C(NC(=O)c2cccc(C(F)(F)F)c2Cl)C23CCCC(CN2)C3)c1. The molecular formula is C23H24ClF3N2O. The van der Waals surface area contributed by atoms with Crippen molar-refractivity contribution in [1.29, 1.82) is 0 Å². The summed E-state index contributed by atoms with van der Waals surface area (Å²) in [5.41, 5.74) is 0.539. The van der Waals surface area contributed by atoms with Crippen LogP contribution in [-0.2, 0) is 6.18 Å². The van der Waals surface area contributed by atoms with Crippen molar-refractivity contribution in [1.82, 2.24) is 10.6 Å². The summed E-state index contributed by atoms with van der Waals surface area (Å²) >= 11 is 6.01. The van der Waals surface area contributed by atoms with E-state index in [1.54, 1.807) is 0 Å². The molecule has 2 N–H and O–H groups in total. The number of halogens is 4. The van der Waals surface area contributed by atoms with E-state index in [2.05, 4.69) is 10.6 Å². The van der Waals surface area contributed by atoms with Crippen LogP contribution >= 0.6 is 11.6 Å². The van der Waals surface area contributed by atoms with Crippen LogP contribution in [0.15, 0.2) is 42.5 Å². The number of hydrogen-bond donors (Lipinski definition) is 2. The quantitative estimate of drug-likeness (QED) is 0.648. The van der Waals surface area contributed by atoms with Crippen molar-refractivity contribution in [3.05, 3.63) is 69.7 Å². The van der Waals surface area contributed by atoms with Gasteiger partial charge in [0, 0.05) is 5.54 Å². The Morgan fingerprint density at radius 3 is 2.77 bits per heavy atom. The maximum Gasteiger partial charge on any atom is 0.417 e. The highest BCUT2D eigenvalue weighted by Gasteiger charge is 2.48. The summed E-state index contributed by atoms with van der Waals surface area (Å²) in [7, 11) is 0. The number of benzene rings is 2. The molecule has 2 aliphatic rings. The average molecular weight is 437 g/mol. The number of amides is 1. The number of carbonyl (C=O) groups excluding carboxylic acids is 1. The first kappa shape index (κ1) is 21.2. The molecule has 3 atom stereocenters. The molecule has 3 unspecified atom stereocenters. The second-order valence-electron chi connectivity index (χ2n) is 8.48. The summed E-state index contributed by atoms with van der Waals surface area (Å²) in [6.45, 7) is 2.87. The van der Waals surface area contributed by atoms with Gasteiger partial charge in [0.25, 0.3) is 5.91 Å². The highest BCUT2D eigenvalue weighted by Crippen LogP contribution is 2.45. The lowest BCUT2D eigenvalue weighted by atomic mass is 9.73. The molecule has 1 amide bonds. The Bertz CT molecular complexity index is 958. The van der Waals surface area contributed by atoms with Gasteiger partial charge in [0.05, 0.1) is 22.2 Å². The van der Waals surface area contributed by atoms with Gasteiger partial charge >= 0.3 is 6.18 Å². The van der Waals surface area contributed by atoms with E-state index >= 15 is 0 Å². The van der Waals surface area contributed by atoms with Crippen LogP contribution in [-0.4, -0.2) is 18.0 Å². The van der Waals surface area contributed by atoms with Crippen molar-refractivity contribution in [2.24, 2.45) is 5.92 Å². The Morgan fingerprint density at radius 2 is 2.03 bits per heavy atom. The first-order valence-electron chi connectivity index (χ1n) is 10.2. The Labute approximate surface area is 179 Å². The number of hydrogen-bond acceptors (Lipinski definition) is 2. The largest absolute Gasteiger partial charge is 0.417 e. The van der Waals surface area contributed by atoms with Crippen LogP contribution < -0.4 is 10.6 Å². The van der Waals surface area contributed by atoms with Gasteiger partial charge in [0.2, 0.25) is 0 Å². The Kier molecular flexibility index (Phi) is 5.58. The minimum Gasteiger partial charge on any atom is -0.343 e. The summed E-state index contributed by atoms with van der Waals surface area (Å²) in [4.78, 5) is 13.1. The molecule has 4 rings (SSSR count). The number of rotatable bonds is 4. The van der Waals surface area contributed by atoms with Crippen LogP contribution in [0.4, 0.5) is 13.2 Å². The van der Waals surface area contributed by atoms with E-state index in [-0.39, 0.29) is 17.1 Å². The van der Waals surface area contributed by atoms with Gasteiger partial charge in [-0.3, -0.25) is 4.79 Å². The molecule has 1 aliphatic carbocycles. The molecule has 0 spiro atoms. The Morgan fingerprint density at radius 1 is 1.27 bits per heavy atom. The van der Waals surface area contributed by atoms with E-state index in [4.69, 9.17) is 11.6 Å². The van der Waals surface area contributed by atoms with Gasteiger partial charge in [-0.1, -0.05) is 53.9 Å². The molecule has 0 aromatic heterocycles. The lowest BCUT2D eigenvalue weighted by molar-refractivity contribution is -0.137. The second kappa shape index (κ2) is 7.89. The third-order valence-corrected chi connectivity index (χ3v) is 6.79. The molecule has 30 heavy (non-hydrogen) atoms. The average Bonchev–Trinajstić information content (AvgIpc) is 2.99. The fourth-order valence-electron chi connectivity index (χ4n) is 5.00. The van der Waals surface area contributed by atoms with Crippen LogP contribution in [0.1, 0.15) is 58.8 Å². The number of fused-ring (bicyclic) bond motifs is 2. The minimum absolute atomic E-state index is 0.161. The van der Waals surface area contributed by atoms with Crippen molar-refractivity contribution in [3.63, 3.8) is 0 Å². The van der Waals surface area contributed by atoms with Gasteiger partial charge < -0.3 is 10.6 Å². The summed E-state index contributed by atoms with van der Waals surface area (Å²) < 4.78 is 39.7. The van der Waals surface area contributed by atoms with Gasteiger partial charge in [0.15, 0.2) is 0 Å². The van der Waals surface area contributed by atoms with Gasteiger partial charge in [-0.2, -0.15) is 13.2 Å². The van der Waals surface area contributed by atoms with Crippen molar-refractivity contribution in [2.45, 2.75) is 50.4 Å². The molecule has 1 saturated carbocycles. The van der Waals surface area contributed by atoms with E-state index in [9.17, 15) is 18.0 Å². The fraction of sp³-hybridized carbons (Fsp3) is 0.435. The second-order valence-corrected chi connectivity index (χ2v) is 8.86. The summed E-state index contributed by atoms with van der Waals surface area (Å²) in [6.07, 6.45) is -0.574. The van der Waals surface area contributed by atoms with Gasteiger partial charge in [-0.15, -0.1) is 0 Å². The van der Waals surface area contributed by atoms with E-state index < -0.39 is 22.7 Å². The molecule has 1 saturated heterocycles. The van der Waals surface area contributed by atoms with Gasteiger partial charge in [0.1, 0.15) is 0 Å². The lowest BCUT2D eigenvalue weighted by Gasteiger charge is -2.41. The molecule has 0 radical (unpaired) electrons. The predicted molar refractivity (Wildman–Crippen MR) is 111 cm³/mol. The van der Waals surface area contributed by atoms with Crippen LogP contribution in [0.5, 0.6) is 0 Å². The zero-order chi connectivity index (χ0) is 21.5. The predicted octanol–water partition coefficient (Wildman–Crippen LogP) is 5.67. The summed E-state index contributed by atoms with van der Waals surface area (Å²) in [6, 6.07) is 11.0. The zero-order valence-corrected chi connectivity index (χ0v) is 17.4. The topological polar surface area (TPSA) is 41.1 Å². The maximum atomic E-state index is 13.2. The summed E-state index contributed by atoms with van der Waals surface area (Å²) in [5.74, 6) is -0.0390. The van der Waals surface area contributed by atoms with Crippen LogP contribution in [0.2, 0.25) is 5.02 Å². The third kappa shape index (κ3) is 3.95. The van der Waals surface area contributed by atoms with Gasteiger partial charge in [-0.05, 0) is 56.3 Å². The normalized spacial score (nSPS) is 24.5. The fourth-order valence-corrected chi connectivity index (χ4v) is 5.32. The molecule has 2 fully saturated rings. The summed E-state index contributed by atoms with van der Waals surface area (Å²) in [5, 5.41) is 6.09. The molecule has 160 valence electrons. The monoisotopic (exact) mass is 436 g/mol. The standard InChI is InChI=1S/C23H24ClF3N2O/c1-14-5-2-7-16(11-14)20(22-10-4-6-15(12-22)13-28-22)29-21(30)17-8-3-9-18(19(17)24)23(25,26)27/h2-3,5,7-9,11,15,20,28H,4,6,10,12-13H2,1H3,(H,29,30). The van der Waals surface area contributed by atoms with Crippen LogP contribution in [0, 0.1) is 12.8 Å². The lowest BCUT2D eigenvalue weighted by Crippen LogP contribution is -2.52. The maximum absolute atomic E-state index is 13.2. The van der Waals surface area contributed by atoms with Crippen LogP contribution in [0.3, 0.4) is 0 Å². The molecule has 2 aromatic carbocycles. The van der Waals surface area contributed by atoms with Crippen molar-refractivity contribution < 1.29 is 18.0 Å². The number of aryl methyl sites for hydroxylation is 1. The van der Waals surface area contributed by atoms with E-state index in [0.29, 0.717) is 5.92 Å². The first-order valence-corrected chi connectivity index (χ1v) is 10.6. The van der Waals surface area contributed by atoms with E-state index in [1.165, 1.54) is 12.1 Å². The molecule has 2 bridgehead atoms. The highest BCUT2D eigenvalue weighted by atomic mass is 35.5. The smallest absolute Gasteiger partial charge is 0.343 e.